The molecule has 0 aromatic heterocycles. The highest BCUT2D eigenvalue weighted by molar-refractivity contribution is 9.11. The van der Waals surface area contributed by atoms with Gasteiger partial charge in [-0.25, -0.2) is 0 Å². The van der Waals surface area contributed by atoms with Crippen LogP contribution in [0.15, 0.2) is 45.3 Å². The van der Waals surface area contributed by atoms with Crippen LogP contribution < -0.4 is 10.5 Å². The molecule has 0 aliphatic heterocycles. The van der Waals surface area contributed by atoms with Gasteiger partial charge < -0.3 is 10.5 Å². The molecule has 0 radical (unpaired) electrons. The van der Waals surface area contributed by atoms with Gasteiger partial charge in [-0.15, -0.1) is 0 Å². The summed E-state index contributed by atoms with van der Waals surface area (Å²) in [5, 5.41) is 0. The van der Waals surface area contributed by atoms with E-state index in [0.29, 0.717) is 21.5 Å². The first-order valence-corrected chi connectivity index (χ1v) is 7.43. The molecule has 112 valence electrons. The number of hydrogen-bond acceptors (Lipinski definition) is 2. The Kier molecular flexibility index (Phi) is 4.95. The van der Waals surface area contributed by atoms with Crippen LogP contribution in [0.2, 0.25) is 0 Å². The molecule has 0 saturated carbocycles. The summed E-state index contributed by atoms with van der Waals surface area (Å²) < 4.78 is 45.2. The Bertz CT molecular complexity index is 659. The van der Waals surface area contributed by atoms with Gasteiger partial charge in [-0.3, -0.25) is 0 Å². The van der Waals surface area contributed by atoms with E-state index in [1.807, 2.05) is 0 Å². The lowest BCUT2D eigenvalue weighted by molar-refractivity contribution is -0.137. The molecule has 0 heterocycles. The van der Waals surface area contributed by atoms with Gasteiger partial charge in [-0.2, -0.15) is 13.2 Å². The molecular weight excluding hydrogens is 415 g/mol. The molecule has 0 aliphatic rings. The summed E-state index contributed by atoms with van der Waals surface area (Å²) in [6, 6.07) is 8.50. The van der Waals surface area contributed by atoms with E-state index in [2.05, 4.69) is 31.9 Å². The molecule has 7 heteroatoms. The summed E-state index contributed by atoms with van der Waals surface area (Å²) in [5.41, 5.74) is 5.06. The van der Waals surface area contributed by atoms with E-state index in [1.165, 1.54) is 6.07 Å². The van der Waals surface area contributed by atoms with Crippen molar-refractivity contribution >= 4 is 31.9 Å². The highest BCUT2D eigenvalue weighted by atomic mass is 79.9. The molecule has 2 aromatic carbocycles. The number of benzene rings is 2. The molecule has 0 atom stereocenters. The van der Waals surface area contributed by atoms with Gasteiger partial charge >= 0.3 is 6.18 Å². The fraction of sp³-hybridized carbons (Fsp3) is 0.143. The van der Waals surface area contributed by atoms with E-state index in [9.17, 15) is 13.2 Å². The zero-order valence-corrected chi connectivity index (χ0v) is 13.7. The van der Waals surface area contributed by atoms with Crippen molar-refractivity contribution in [3.05, 3.63) is 56.5 Å². The van der Waals surface area contributed by atoms with Gasteiger partial charge in [0.15, 0.2) is 0 Å². The Hall–Kier alpha value is -1.05. The van der Waals surface area contributed by atoms with E-state index >= 15 is 0 Å². The number of ether oxygens (including phenoxy) is 1. The van der Waals surface area contributed by atoms with E-state index in [0.717, 1.165) is 16.6 Å². The standard InChI is InChI=1S/C14H10Br2F3NO/c15-10-2-4-13(11(16)6-10)21-12-3-1-9(14(17,18)19)5-8(12)7-20/h1-6H,7,20H2. The van der Waals surface area contributed by atoms with Crippen molar-refractivity contribution in [1.82, 2.24) is 0 Å². The van der Waals surface area contributed by atoms with E-state index in [4.69, 9.17) is 10.5 Å². The highest BCUT2D eigenvalue weighted by Crippen LogP contribution is 2.36. The molecular formula is C14H10Br2F3NO. The third kappa shape index (κ3) is 3.99. The Morgan fingerprint density at radius 2 is 1.67 bits per heavy atom. The maximum atomic E-state index is 12.7. The maximum Gasteiger partial charge on any atom is 0.416 e. The molecule has 0 fully saturated rings. The van der Waals surface area contributed by atoms with Gasteiger partial charge in [-0.05, 0) is 52.3 Å². The van der Waals surface area contributed by atoms with Crippen LogP contribution in [0.1, 0.15) is 11.1 Å². The van der Waals surface area contributed by atoms with Crippen LogP contribution in [0.25, 0.3) is 0 Å². The van der Waals surface area contributed by atoms with Crippen LogP contribution in [0, 0.1) is 0 Å². The number of hydrogen-bond donors (Lipinski definition) is 1. The van der Waals surface area contributed by atoms with Crippen LogP contribution in [0.3, 0.4) is 0 Å². The molecule has 0 spiro atoms. The topological polar surface area (TPSA) is 35.2 Å². The monoisotopic (exact) mass is 423 g/mol. The predicted molar refractivity (Wildman–Crippen MR) is 81.3 cm³/mol. The molecule has 0 bridgehead atoms. The van der Waals surface area contributed by atoms with Crippen molar-refractivity contribution in [3.63, 3.8) is 0 Å². The Balaban J connectivity index is 2.36. The normalized spacial score (nSPS) is 11.5. The van der Waals surface area contributed by atoms with Gasteiger partial charge in [0.2, 0.25) is 0 Å². The van der Waals surface area contributed by atoms with Gasteiger partial charge in [0.25, 0.3) is 0 Å². The summed E-state index contributed by atoms with van der Waals surface area (Å²) in [4.78, 5) is 0. The van der Waals surface area contributed by atoms with Gasteiger partial charge in [-0.1, -0.05) is 15.9 Å². The Morgan fingerprint density at radius 3 is 2.24 bits per heavy atom. The molecule has 0 unspecified atom stereocenters. The van der Waals surface area contributed by atoms with Crippen molar-refractivity contribution in [3.8, 4) is 11.5 Å². The second kappa shape index (κ2) is 6.37. The van der Waals surface area contributed by atoms with Crippen LogP contribution in [-0.2, 0) is 12.7 Å². The third-order valence-electron chi connectivity index (χ3n) is 2.72. The summed E-state index contributed by atoms with van der Waals surface area (Å²) >= 11 is 6.64. The molecule has 2 nitrogen and oxygen atoms in total. The van der Waals surface area contributed by atoms with Gasteiger partial charge in [0.05, 0.1) is 10.0 Å². The average molecular weight is 425 g/mol. The molecule has 21 heavy (non-hydrogen) atoms. The minimum atomic E-state index is -4.40. The van der Waals surface area contributed by atoms with Crippen molar-refractivity contribution in [2.24, 2.45) is 5.73 Å². The second-order valence-corrected chi connectivity index (χ2v) is 5.97. The lowest BCUT2D eigenvalue weighted by Crippen LogP contribution is -2.08. The molecule has 0 aliphatic carbocycles. The molecule has 2 aromatic rings. The quantitative estimate of drug-likeness (QED) is 0.707. The van der Waals surface area contributed by atoms with E-state index < -0.39 is 11.7 Å². The summed E-state index contributed by atoms with van der Waals surface area (Å²) in [6.45, 7) is -0.0482. The predicted octanol–water partition coefficient (Wildman–Crippen LogP) is 5.48. The fourth-order valence-corrected chi connectivity index (χ4v) is 2.82. The zero-order chi connectivity index (χ0) is 15.6. The van der Waals surface area contributed by atoms with Crippen LogP contribution in [-0.4, -0.2) is 0 Å². The average Bonchev–Trinajstić information content (AvgIpc) is 2.41. The number of nitrogens with two attached hydrogens (primary N) is 1. The second-order valence-electron chi connectivity index (χ2n) is 4.20. The largest absolute Gasteiger partial charge is 0.456 e. The van der Waals surface area contributed by atoms with E-state index in [-0.39, 0.29) is 6.54 Å². The number of alkyl halides is 3. The van der Waals surface area contributed by atoms with Gasteiger partial charge in [0.1, 0.15) is 11.5 Å². The molecule has 2 N–H and O–H groups in total. The molecule has 2 rings (SSSR count). The van der Waals surface area contributed by atoms with Crippen molar-refractivity contribution < 1.29 is 17.9 Å². The summed E-state index contributed by atoms with van der Waals surface area (Å²) in [7, 11) is 0. The van der Waals surface area contributed by atoms with Crippen LogP contribution >= 0.6 is 31.9 Å². The van der Waals surface area contributed by atoms with Gasteiger partial charge in [0, 0.05) is 16.6 Å². The van der Waals surface area contributed by atoms with Crippen LogP contribution in [0.5, 0.6) is 11.5 Å². The number of halogens is 5. The Labute approximate surface area is 136 Å². The zero-order valence-electron chi connectivity index (χ0n) is 10.5. The minimum Gasteiger partial charge on any atom is -0.456 e. The first-order chi connectivity index (χ1) is 9.81. The fourth-order valence-electron chi connectivity index (χ4n) is 1.69. The van der Waals surface area contributed by atoms with Crippen molar-refractivity contribution in [2.75, 3.05) is 0 Å². The maximum absolute atomic E-state index is 12.7. The summed E-state index contributed by atoms with van der Waals surface area (Å²) in [5.74, 6) is 0.793. The number of rotatable bonds is 3. The first-order valence-electron chi connectivity index (χ1n) is 5.84. The highest BCUT2D eigenvalue weighted by Gasteiger charge is 2.31. The lowest BCUT2D eigenvalue weighted by atomic mass is 10.1. The van der Waals surface area contributed by atoms with Crippen LogP contribution in [0.4, 0.5) is 13.2 Å². The first kappa shape index (κ1) is 16.3. The summed E-state index contributed by atoms with van der Waals surface area (Å²) in [6.07, 6.45) is -4.40. The smallest absolute Gasteiger partial charge is 0.416 e. The Morgan fingerprint density at radius 1 is 1.00 bits per heavy atom. The lowest BCUT2D eigenvalue weighted by Gasteiger charge is -2.14. The van der Waals surface area contributed by atoms with Crippen molar-refractivity contribution in [1.29, 1.82) is 0 Å². The van der Waals surface area contributed by atoms with Crippen molar-refractivity contribution in [2.45, 2.75) is 12.7 Å². The van der Waals surface area contributed by atoms with E-state index in [1.54, 1.807) is 18.2 Å². The minimum absolute atomic E-state index is 0.0482. The third-order valence-corrected chi connectivity index (χ3v) is 3.83. The molecule has 0 amide bonds. The molecule has 0 saturated heterocycles. The SMILES string of the molecule is NCc1cc(C(F)(F)F)ccc1Oc1ccc(Br)cc1Br.